The van der Waals surface area contributed by atoms with Crippen LogP contribution in [0.4, 0.5) is 11.8 Å². The van der Waals surface area contributed by atoms with Gasteiger partial charge in [-0.3, -0.25) is 0 Å². The van der Waals surface area contributed by atoms with E-state index in [4.69, 9.17) is 20.9 Å². The van der Waals surface area contributed by atoms with Crippen LogP contribution in [0.15, 0.2) is 28.1 Å². The second-order valence-electron chi connectivity index (χ2n) is 5.15. The molecule has 0 spiro atoms. The van der Waals surface area contributed by atoms with E-state index in [9.17, 15) is 4.55 Å². The summed E-state index contributed by atoms with van der Waals surface area (Å²) in [6.07, 6.45) is 1.38. The van der Waals surface area contributed by atoms with Crippen molar-refractivity contribution in [1.82, 2.24) is 9.97 Å². The van der Waals surface area contributed by atoms with Gasteiger partial charge in [0.2, 0.25) is 10.8 Å². The Kier molecular flexibility index (Phi) is 5.17. The van der Waals surface area contributed by atoms with E-state index in [1.54, 1.807) is 13.2 Å². The first-order chi connectivity index (χ1) is 10.9. The molecule has 0 aliphatic heterocycles. The molecular formula is C15H20N4O3S. The molecule has 8 heteroatoms. The molecule has 1 unspecified atom stereocenters. The number of ether oxygens (including phenoxy) is 2. The lowest BCUT2D eigenvalue weighted by molar-refractivity contribution is 0.353. The van der Waals surface area contributed by atoms with Gasteiger partial charge in [0.15, 0.2) is 22.2 Å². The van der Waals surface area contributed by atoms with Crippen molar-refractivity contribution >= 4 is 22.9 Å². The first-order valence-electron chi connectivity index (χ1n) is 6.94. The Morgan fingerprint density at radius 1 is 1.09 bits per heavy atom. The first kappa shape index (κ1) is 17.2. The van der Waals surface area contributed by atoms with E-state index in [2.05, 4.69) is 9.97 Å². The van der Waals surface area contributed by atoms with Crippen LogP contribution < -0.4 is 20.9 Å². The Hall–Kier alpha value is -2.19. The zero-order valence-corrected chi connectivity index (χ0v) is 14.3. The monoisotopic (exact) mass is 336 g/mol. The maximum atomic E-state index is 13.0. The number of methoxy groups -OCH3 is 2. The number of benzene rings is 1. The van der Waals surface area contributed by atoms with Crippen LogP contribution in [0.3, 0.4) is 0 Å². The summed E-state index contributed by atoms with van der Waals surface area (Å²) in [6.45, 7) is 4.01. The summed E-state index contributed by atoms with van der Waals surface area (Å²) in [7, 11) is 3.09. The van der Waals surface area contributed by atoms with Crippen molar-refractivity contribution in [3.8, 4) is 11.5 Å². The van der Waals surface area contributed by atoms with E-state index in [0.29, 0.717) is 21.3 Å². The molecule has 0 bridgehead atoms. The molecule has 4 N–H and O–H groups in total. The summed E-state index contributed by atoms with van der Waals surface area (Å²) in [5.41, 5.74) is 12.2. The highest BCUT2D eigenvalue weighted by Crippen LogP contribution is 2.38. The van der Waals surface area contributed by atoms with E-state index < -0.39 is 11.2 Å². The number of hydrogen-bond acceptors (Lipinski definition) is 7. The Bertz CT molecular complexity index is 709. The van der Waals surface area contributed by atoms with E-state index >= 15 is 0 Å². The van der Waals surface area contributed by atoms with Crippen LogP contribution in [0, 0.1) is 0 Å². The summed E-state index contributed by atoms with van der Waals surface area (Å²) < 4.78 is 23.6. The number of rotatable bonds is 5. The van der Waals surface area contributed by atoms with Crippen LogP contribution in [0.2, 0.25) is 0 Å². The molecule has 1 aromatic carbocycles. The maximum absolute atomic E-state index is 13.0. The number of anilines is 2. The van der Waals surface area contributed by atoms with Crippen LogP contribution in [0.25, 0.3) is 0 Å². The fourth-order valence-electron chi connectivity index (χ4n) is 2.15. The van der Waals surface area contributed by atoms with Crippen LogP contribution in [0.5, 0.6) is 11.5 Å². The zero-order chi connectivity index (χ0) is 17.1. The second-order valence-corrected chi connectivity index (χ2v) is 6.56. The van der Waals surface area contributed by atoms with Crippen LogP contribution in [-0.2, 0) is 11.2 Å². The van der Waals surface area contributed by atoms with Gasteiger partial charge in [-0.15, -0.1) is 0 Å². The quantitative estimate of drug-likeness (QED) is 0.801. The molecule has 2 rings (SSSR count). The topological polar surface area (TPSA) is 119 Å². The molecule has 1 aromatic heterocycles. The second kappa shape index (κ2) is 6.93. The molecule has 1 heterocycles. The zero-order valence-electron chi connectivity index (χ0n) is 13.5. The molecular weight excluding hydrogens is 316 g/mol. The summed E-state index contributed by atoms with van der Waals surface area (Å²) >= 11 is -1.56. The molecule has 1 atom stereocenters. The maximum Gasteiger partial charge on any atom is 0.222 e. The third-order valence-corrected chi connectivity index (χ3v) is 4.81. The van der Waals surface area contributed by atoms with Gasteiger partial charge in [-0.1, -0.05) is 13.8 Å². The standard InChI is InChI=1S/C15H20N4O3S/c1-8(2)9-5-10(21-3)11(22-4)6-12(9)23(20)13-7-18-15(17)19-14(13)16/h5-8H,1-4H3,(H4,16,17,18,19). The predicted molar refractivity (Wildman–Crippen MR) is 89.2 cm³/mol. The molecule has 23 heavy (non-hydrogen) atoms. The number of hydrogen-bond donors (Lipinski definition) is 2. The highest BCUT2D eigenvalue weighted by molar-refractivity contribution is 7.91. The fraction of sp³-hybridized carbons (Fsp3) is 0.333. The molecule has 0 aliphatic carbocycles. The molecule has 124 valence electrons. The average Bonchev–Trinajstić information content (AvgIpc) is 2.52. The molecule has 0 amide bonds. The lowest BCUT2D eigenvalue weighted by atomic mass is 10.0. The number of aromatic nitrogens is 2. The summed E-state index contributed by atoms with van der Waals surface area (Å²) in [5, 5.41) is 0. The smallest absolute Gasteiger partial charge is 0.222 e. The van der Waals surface area contributed by atoms with E-state index in [-0.39, 0.29) is 17.7 Å². The number of nitrogens with zero attached hydrogens (tertiary/aromatic N) is 2. The Morgan fingerprint density at radius 2 is 1.70 bits per heavy atom. The minimum Gasteiger partial charge on any atom is -0.606 e. The Labute approximate surface area is 138 Å². The van der Waals surface area contributed by atoms with Crippen LogP contribution in [-0.4, -0.2) is 28.7 Å². The van der Waals surface area contributed by atoms with Crippen LogP contribution >= 0.6 is 0 Å². The van der Waals surface area contributed by atoms with Gasteiger partial charge in [-0.25, -0.2) is 4.98 Å². The lowest BCUT2D eigenvalue weighted by Gasteiger charge is -2.19. The van der Waals surface area contributed by atoms with Gasteiger partial charge in [0.1, 0.15) is 0 Å². The molecule has 0 aliphatic rings. The van der Waals surface area contributed by atoms with Crippen molar-refractivity contribution in [2.75, 3.05) is 25.7 Å². The number of nitrogen functional groups attached to an aromatic ring is 2. The van der Waals surface area contributed by atoms with E-state index in [0.717, 1.165) is 5.56 Å². The Balaban J connectivity index is 2.60. The van der Waals surface area contributed by atoms with Gasteiger partial charge in [-0.2, -0.15) is 4.98 Å². The van der Waals surface area contributed by atoms with Gasteiger partial charge in [0, 0.05) is 22.8 Å². The summed E-state index contributed by atoms with van der Waals surface area (Å²) in [6, 6.07) is 3.52. The molecule has 2 aromatic rings. The van der Waals surface area contributed by atoms with E-state index in [1.165, 1.54) is 13.3 Å². The summed E-state index contributed by atoms with van der Waals surface area (Å²) in [5.74, 6) is 1.35. The highest BCUT2D eigenvalue weighted by atomic mass is 32.2. The van der Waals surface area contributed by atoms with Crippen molar-refractivity contribution in [2.24, 2.45) is 0 Å². The van der Waals surface area contributed by atoms with Crippen molar-refractivity contribution < 1.29 is 14.0 Å². The molecule has 0 saturated carbocycles. The highest BCUT2D eigenvalue weighted by Gasteiger charge is 2.27. The molecule has 0 fully saturated rings. The molecule has 7 nitrogen and oxygen atoms in total. The van der Waals surface area contributed by atoms with Crippen molar-refractivity contribution in [2.45, 2.75) is 29.6 Å². The van der Waals surface area contributed by atoms with Crippen molar-refractivity contribution in [1.29, 1.82) is 0 Å². The summed E-state index contributed by atoms with van der Waals surface area (Å²) in [4.78, 5) is 8.64. The third kappa shape index (κ3) is 3.43. The minimum atomic E-state index is -1.56. The predicted octanol–water partition coefficient (Wildman–Crippen LogP) is 1.95. The van der Waals surface area contributed by atoms with Gasteiger partial charge in [-0.05, 0) is 12.0 Å². The first-order valence-corrected chi connectivity index (χ1v) is 8.09. The average molecular weight is 336 g/mol. The van der Waals surface area contributed by atoms with Gasteiger partial charge in [0.05, 0.1) is 20.4 Å². The third-order valence-electron chi connectivity index (χ3n) is 3.34. The normalized spacial score (nSPS) is 12.3. The van der Waals surface area contributed by atoms with Gasteiger partial charge < -0.3 is 25.5 Å². The van der Waals surface area contributed by atoms with E-state index in [1.807, 2.05) is 19.9 Å². The SMILES string of the molecule is COc1cc(C(C)C)c([S+]([O-])c2cnc(N)nc2N)cc1OC. The largest absolute Gasteiger partial charge is 0.606 e. The lowest BCUT2D eigenvalue weighted by Crippen LogP contribution is -2.12. The minimum absolute atomic E-state index is 0.0413. The molecule has 0 radical (unpaired) electrons. The fourth-order valence-corrected chi connectivity index (χ4v) is 3.49. The van der Waals surface area contributed by atoms with Crippen molar-refractivity contribution in [3.05, 3.63) is 23.9 Å². The number of nitrogens with two attached hydrogens (primary N) is 2. The van der Waals surface area contributed by atoms with Gasteiger partial charge >= 0.3 is 0 Å². The van der Waals surface area contributed by atoms with Gasteiger partial charge in [0.25, 0.3) is 0 Å². The van der Waals surface area contributed by atoms with Crippen LogP contribution in [0.1, 0.15) is 25.3 Å². The molecule has 0 saturated heterocycles. The Morgan fingerprint density at radius 3 is 2.22 bits per heavy atom. The van der Waals surface area contributed by atoms with Crippen molar-refractivity contribution in [3.63, 3.8) is 0 Å².